The minimum Gasteiger partial charge on any atom is -0.481 e. The molecular weight excluding hydrogens is 430 g/mol. The molecule has 0 radical (unpaired) electrons. The summed E-state index contributed by atoms with van der Waals surface area (Å²) >= 11 is 0. The highest BCUT2D eigenvalue weighted by Crippen LogP contribution is 2.06. The summed E-state index contributed by atoms with van der Waals surface area (Å²) in [4.78, 5) is 70.6. The highest BCUT2D eigenvalue weighted by atomic mass is 16.4. The van der Waals surface area contributed by atoms with Gasteiger partial charge in [-0.15, -0.1) is 0 Å². The second-order valence-electron chi connectivity index (χ2n) is 7.56. The Kier molecular flexibility index (Phi) is 11.9. The Morgan fingerprint density at radius 1 is 0.844 bits per heavy atom. The lowest BCUT2D eigenvalue weighted by molar-refractivity contribution is -0.144. The number of carboxylic acids is 2. The van der Waals surface area contributed by atoms with Crippen molar-refractivity contribution < 1.29 is 44.1 Å². The van der Waals surface area contributed by atoms with Crippen LogP contribution in [-0.4, -0.2) is 81.2 Å². The van der Waals surface area contributed by atoms with E-state index in [2.05, 4.69) is 16.0 Å². The molecule has 5 unspecified atom stereocenters. The van der Waals surface area contributed by atoms with Gasteiger partial charge in [0.25, 0.3) is 0 Å². The van der Waals surface area contributed by atoms with E-state index >= 15 is 0 Å². The van der Waals surface area contributed by atoms with Crippen molar-refractivity contribution in [2.75, 3.05) is 0 Å². The molecule has 182 valence electrons. The van der Waals surface area contributed by atoms with Crippen molar-refractivity contribution in [3.05, 3.63) is 0 Å². The number of aliphatic carboxylic acids is 2. The lowest BCUT2D eigenvalue weighted by Gasteiger charge is -2.26. The fourth-order valence-corrected chi connectivity index (χ4v) is 2.47. The molecule has 10 N–H and O–H groups in total. The second-order valence-corrected chi connectivity index (χ2v) is 7.56. The van der Waals surface area contributed by atoms with Crippen molar-refractivity contribution in [1.29, 1.82) is 0 Å². The minimum atomic E-state index is -1.68. The van der Waals surface area contributed by atoms with Crippen LogP contribution in [0.1, 0.15) is 40.0 Å². The number of hydrogen-bond donors (Lipinski definition) is 8. The third-order valence-corrected chi connectivity index (χ3v) is 4.38. The summed E-state index contributed by atoms with van der Waals surface area (Å²) < 4.78 is 0. The van der Waals surface area contributed by atoms with Crippen LogP contribution in [0.4, 0.5) is 0 Å². The van der Waals surface area contributed by atoms with E-state index in [1.807, 2.05) is 0 Å². The number of nitrogens with two attached hydrogens (primary N) is 2. The topological polar surface area (TPSA) is 251 Å². The summed E-state index contributed by atoms with van der Waals surface area (Å²) in [7, 11) is 0. The highest BCUT2D eigenvalue weighted by molar-refractivity contribution is 5.95. The van der Waals surface area contributed by atoms with Crippen LogP contribution < -0.4 is 27.4 Å². The van der Waals surface area contributed by atoms with Crippen molar-refractivity contribution in [1.82, 2.24) is 16.0 Å². The maximum absolute atomic E-state index is 12.7. The van der Waals surface area contributed by atoms with Gasteiger partial charge in [-0.1, -0.05) is 13.8 Å². The van der Waals surface area contributed by atoms with Gasteiger partial charge < -0.3 is 42.7 Å². The van der Waals surface area contributed by atoms with Gasteiger partial charge in [0, 0.05) is 6.42 Å². The molecule has 0 aliphatic rings. The normalized spacial score (nSPS) is 15.6. The molecule has 4 amide bonds. The first kappa shape index (κ1) is 28.7. The van der Waals surface area contributed by atoms with Crippen molar-refractivity contribution in [2.45, 2.75) is 70.3 Å². The average Bonchev–Trinajstić information content (AvgIpc) is 2.66. The van der Waals surface area contributed by atoms with Crippen LogP contribution in [-0.2, 0) is 28.8 Å². The smallest absolute Gasteiger partial charge is 0.326 e. The Labute approximate surface area is 184 Å². The fourth-order valence-electron chi connectivity index (χ4n) is 2.47. The number of hydrogen-bond acceptors (Lipinski definition) is 8. The largest absolute Gasteiger partial charge is 0.481 e. The number of aliphatic hydroxyl groups excluding tert-OH is 1. The predicted molar refractivity (Wildman–Crippen MR) is 109 cm³/mol. The summed E-state index contributed by atoms with van der Waals surface area (Å²) in [6.45, 7) is 4.41. The van der Waals surface area contributed by atoms with Crippen LogP contribution in [0.25, 0.3) is 0 Å². The van der Waals surface area contributed by atoms with Gasteiger partial charge in [0.05, 0.1) is 12.5 Å². The molecule has 32 heavy (non-hydrogen) atoms. The van der Waals surface area contributed by atoms with Crippen LogP contribution in [0.3, 0.4) is 0 Å². The monoisotopic (exact) mass is 461 g/mol. The molecular formula is C18H31N5O9. The standard InChI is InChI=1S/C18H31N5O9/c1-7(2)14(23-16(29)13(20)8(3)24)17(30)22-10(6-12(26)27)15(28)21-9(18(31)32)4-5-11(19)25/h7-10,13-14,24H,4-6,20H2,1-3H3,(H2,19,25)(H,21,28)(H,22,30)(H,23,29)(H,26,27)(H,31,32). The van der Waals surface area contributed by atoms with E-state index in [0.29, 0.717) is 0 Å². The Bertz CT molecular complexity index is 726. The molecule has 0 spiro atoms. The van der Waals surface area contributed by atoms with Crippen LogP contribution in [0.2, 0.25) is 0 Å². The van der Waals surface area contributed by atoms with E-state index in [9.17, 15) is 39.0 Å². The van der Waals surface area contributed by atoms with E-state index in [1.54, 1.807) is 13.8 Å². The van der Waals surface area contributed by atoms with Crippen LogP contribution in [0.5, 0.6) is 0 Å². The molecule has 0 heterocycles. The van der Waals surface area contributed by atoms with Gasteiger partial charge >= 0.3 is 11.9 Å². The number of primary amides is 1. The summed E-state index contributed by atoms with van der Waals surface area (Å²) in [5.41, 5.74) is 10.5. The molecule has 14 nitrogen and oxygen atoms in total. The fraction of sp³-hybridized carbons (Fsp3) is 0.667. The van der Waals surface area contributed by atoms with Gasteiger partial charge in [0.2, 0.25) is 23.6 Å². The number of carbonyl (C=O) groups is 6. The van der Waals surface area contributed by atoms with Crippen molar-refractivity contribution in [3.63, 3.8) is 0 Å². The quantitative estimate of drug-likeness (QED) is 0.127. The highest BCUT2D eigenvalue weighted by Gasteiger charge is 2.33. The van der Waals surface area contributed by atoms with E-state index < -0.39 is 78.2 Å². The molecule has 0 saturated heterocycles. The predicted octanol–water partition coefficient (Wildman–Crippen LogP) is -3.37. The van der Waals surface area contributed by atoms with Gasteiger partial charge in [-0.05, 0) is 19.3 Å². The van der Waals surface area contributed by atoms with Crippen molar-refractivity contribution >= 4 is 35.6 Å². The van der Waals surface area contributed by atoms with Crippen LogP contribution in [0.15, 0.2) is 0 Å². The maximum atomic E-state index is 12.7. The van der Waals surface area contributed by atoms with Crippen molar-refractivity contribution in [2.24, 2.45) is 17.4 Å². The number of rotatable bonds is 14. The summed E-state index contributed by atoms with van der Waals surface area (Å²) in [6, 6.07) is -5.79. The molecule has 0 bridgehead atoms. The lowest BCUT2D eigenvalue weighted by Crippen LogP contribution is -2.59. The minimum absolute atomic E-state index is 0.341. The molecule has 0 rings (SSSR count). The number of carbonyl (C=O) groups excluding carboxylic acids is 4. The first-order chi connectivity index (χ1) is 14.7. The Balaban J connectivity index is 5.47. The number of amides is 4. The van der Waals surface area contributed by atoms with E-state index in [-0.39, 0.29) is 12.8 Å². The maximum Gasteiger partial charge on any atom is 0.326 e. The molecule has 5 atom stereocenters. The van der Waals surface area contributed by atoms with Crippen molar-refractivity contribution in [3.8, 4) is 0 Å². The third kappa shape index (κ3) is 10.2. The molecule has 0 aromatic carbocycles. The molecule has 0 fully saturated rings. The Morgan fingerprint density at radius 3 is 1.78 bits per heavy atom. The van der Waals surface area contributed by atoms with Gasteiger partial charge in [-0.25, -0.2) is 4.79 Å². The van der Waals surface area contributed by atoms with E-state index in [1.165, 1.54) is 6.92 Å². The number of aliphatic hydroxyl groups is 1. The number of nitrogens with one attached hydrogen (secondary N) is 3. The van der Waals surface area contributed by atoms with E-state index in [4.69, 9.17) is 16.6 Å². The first-order valence-electron chi connectivity index (χ1n) is 9.75. The average molecular weight is 461 g/mol. The zero-order valence-electron chi connectivity index (χ0n) is 18.0. The number of carboxylic acid groups (broad SMARTS) is 2. The second kappa shape index (κ2) is 13.2. The van der Waals surface area contributed by atoms with Gasteiger partial charge in [-0.2, -0.15) is 0 Å². The summed E-state index contributed by atoms with van der Waals surface area (Å²) in [5.74, 6) is -7.15. The molecule has 0 saturated carbocycles. The zero-order chi connectivity index (χ0) is 25.2. The lowest BCUT2D eigenvalue weighted by atomic mass is 10.0. The molecule has 0 aromatic heterocycles. The Hall–Kier alpha value is -3.26. The van der Waals surface area contributed by atoms with Crippen LogP contribution >= 0.6 is 0 Å². The van der Waals surface area contributed by atoms with E-state index in [0.717, 1.165) is 0 Å². The molecule has 0 aromatic rings. The first-order valence-corrected chi connectivity index (χ1v) is 9.75. The third-order valence-electron chi connectivity index (χ3n) is 4.38. The molecule has 14 heteroatoms. The van der Waals surface area contributed by atoms with Gasteiger partial charge in [-0.3, -0.25) is 24.0 Å². The molecule has 0 aliphatic heterocycles. The Morgan fingerprint density at radius 2 is 1.38 bits per heavy atom. The summed E-state index contributed by atoms with van der Waals surface area (Å²) in [6.07, 6.45) is -2.78. The van der Waals surface area contributed by atoms with Gasteiger partial charge in [0.1, 0.15) is 24.2 Å². The SMILES string of the molecule is CC(C)C(NC(=O)C(N)C(C)O)C(=O)NC(CC(=O)O)C(=O)NC(CCC(N)=O)C(=O)O. The van der Waals surface area contributed by atoms with Gasteiger partial charge in [0.15, 0.2) is 0 Å². The van der Waals surface area contributed by atoms with Crippen LogP contribution in [0, 0.1) is 5.92 Å². The zero-order valence-corrected chi connectivity index (χ0v) is 18.0. The summed E-state index contributed by atoms with van der Waals surface area (Å²) in [5, 5.41) is 34.2. The molecule has 0 aliphatic carbocycles.